The lowest BCUT2D eigenvalue weighted by Gasteiger charge is -2.30. The van der Waals surface area contributed by atoms with Gasteiger partial charge in [-0.3, -0.25) is 9.59 Å². The number of aromatic amines is 1. The molecule has 1 aliphatic rings. The minimum atomic E-state index is -0.544. The van der Waals surface area contributed by atoms with E-state index in [1.807, 2.05) is 88.4 Å². The van der Waals surface area contributed by atoms with Crippen LogP contribution in [0.2, 0.25) is 0 Å². The minimum Gasteiger partial charge on any atom is -0.364 e. The van der Waals surface area contributed by atoms with Crippen LogP contribution in [0, 0.1) is 13.8 Å². The summed E-state index contributed by atoms with van der Waals surface area (Å²) in [6.07, 6.45) is 1.80. The molecule has 2 aromatic carbocycles. The molecule has 1 aliphatic heterocycles. The van der Waals surface area contributed by atoms with Gasteiger partial charge in [-0.25, -0.2) is 0 Å². The van der Waals surface area contributed by atoms with Gasteiger partial charge in [-0.2, -0.15) is 0 Å². The zero-order valence-electron chi connectivity index (χ0n) is 19.2. The van der Waals surface area contributed by atoms with Crippen molar-refractivity contribution in [3.8, 4) is 0 Å². The largest absolute Gasteiger partial charge is 0.364 e. The highest BCUT2D eigenvalue weighted by molar-refractivity contribution is 6.11. The molecule has 1 aromatic heterocycles. The van der Waals surface area contributed by atoms with Crippen molar-refractivity contribution < 1.29 is 9.59 Å². The molecule has 0 atom stereocenters. The normalized spacial score (nSPS) is 14.2. The summed E-state index contributed by atoms with van der Waals surface area (Å²) in [5.74, 6) is -1.05. The Morgan fingerprint density at radius 2 is 1.15 bits per heavy atom. The number of hydrogen-bond acceptors (Lipinski definition) is 3. The Hall–Kier alpha value is -4.06. The third-order valence-corrected chi connectivity index (χ3v) is 5.80. The molecule has 6 nitrogen and oxygen atoms in total. The van der Waals surface area contributed by atoms with Gasteiger partial charge in [0.05, 0.1) is 5.92 Å². The number of aromatic nitrogens is 1. The summed E-state index contributed by atoms with van der Waals surface area (Å²) in [5.41, 5.74) is 6.82. The van der Waals surface area contributed by atoms with Crippen LogP contribution in [-0.2, 0) is 9.59 Å². The summed E-state index contributed by atoms with van der Waals surface area (Å²) < 4.78 is 0. The standard InChI is InChI=1S/C27H28N4O2/c1-16-7-11-20(12-8-16)30-26(32)23-18(3)29-19(4)24(25(23)22-6-5-15-28-22)27(33)31-21-13-9-17(2)10-14-21/h5-15,25,28-29H,1-4H3,(H,30,32)(H,31,33). The second kappa shape index (κ2) is 9.20. The summed E-state index contributed by atoms with van der Waals surface area (Å²) in [4.78, 5) is 30.1. The van der Waals surface area contributed by atoms with Crippen LogP contribution in [0.4, 0.5) is 11.4 Å². The van der Waals surface area contributed by atoms with E-state index in [1.165, 1.54) is 0 Å². The van der Waals surface area contributed by atoms with Crippen LogP contribution >= 0.6 is 0 Å². The van der Waals surface area contributed by atoms with Crippen LogP contribution in [0.3, 0.4) is 0 Å². The first-order valence-electron chi connectivity index (χ1n) is 10.9. The highest BCUT2D eigenvalue weighted by Gasteiger charge is 2.37. The van der Waals surface area contributed by atoms with Gasteiger partial charge in [0.1, 0.15) is 0 Å². The highest BCUT2D eigenvalue weighted by atomic mass is 16.2. The Bertz CT molecular complexity index is 1150. The average molecular weight is 441 g/mol. The number of dihydropyridines is 1. The van der Waals surface area contributed by atoms with Crippen LogP contribution < -0.4 is 16.0 Å². The third-order valence-electron chi connectivity index (χ3n) is 5.80. The van der Waals surface area contributed by atoms with Gasteiger partial charge < -0.3 is 20.9 Å². The van der Waals surface area contributed by atoms with E-state index in [-0.39, 0.29) is 11.8 Å². The number of carbonyl (C=O) groups is 2. The van der Waals surface area contributed by atoms with Crippen molar-refractivity contribution in [2.24, 2.45) is 0 Å². The fourth-order valence-electron chi connectivity index (χ4n) is 4.10. The van der Waals surface area contributed by atoms with Crippen LogP contribution in [0.1, 0.15) is 36.6 Å². The van der Waals surface area contributed by atoms with Crippen molar-refractivity contribution in [2.75, 3.05) is 10.6 Å². The summed E-state index contributed by atoms with van der Waals surface area (Å²) in [7, 11) is 0. The number of benzene rings is 2. The van der Waals surface area contributed by atoms with Crippen molar-refractivity contribution in [3.05, 3.63) is 106 Å². The first-order valence-corrected chi connectivity index (χ1v) is 10.9. The highest BCUT2D eigenvalue weighted by Crippen LogP contribution is 2.38. The molecule has 0 unspecified atom stereocenters. The monoisotopic (exact) mass is 440 g/mol. The number of carbonyl (C=O) groups excluding carboxylic acids is 2. The second-order valence-corrected chi connectivity index (χ2v) is 8.40. The third kappa shape index (κ3) is 4.75. The fraction of sp³-hybridized carbons (Fsp3) is 0.185. The first-order chi connectivity index (χ1) is 15.8. The number of nitrogens with one attached hydrogen (secondary N) is 4. The lowest BCUT2D eigenvalue weighted by atomic mass is 9.82. The van der Waals surface area contributed by atoms with Gasteiger partial charge in [-0.05, 0) is 64.1 Å². The van der Waals surface area contributed by atoms with Gasteiger partial charge in [0, 0.05) is 45.8 Å². The second-order valence-electron chi connectivity index (χ2n) is 8.40. The van der Waals surface area contributed by atoms with Gasteiger partial charge in [0.15, 0.2) is 0 Å². The fourth-order valence-corrected chi connectivity index (χ4v) is 4.10. The smallest absolute Gasteiger partial charge is 0.254 e. The minimum absolute atomic E-state index is 0.253. The van der Waals surface area contributed by atoms with E-state index in [2.05, 4.69) is 20.9 Å². The van der Waals surface area contributed by atoms with Crippen molar-refractivity contribution in [2.45, 2.75) is 33.6 Å². The predicted octanol–water partition coefficient (Wildman–Crippen LogP) is 5.14. The number of anilines is 2. The van der Waals surface area contributed by atoms with Gasteiger partial charge in [0.2, 0.25) is 0 Å². The van der Waals surface area contributed by atoms with Crippen LogP contribution in [0.5, 0.6) is 0 Å². The molecular weight excluding hydrogens is 412 g/mol. The van der Waals surface area contributed by atoms with Gasteiger partial charge in [0.25, 0.3) is 11.8 Å². The number of H-pyrrole nitrogens is 1. The summed E-state index contributed by atoms with van der Waals surface area (Å²) in [5, 5.41) is 9.22. The Morgan fingerprint density at radius 3 is 1.55 bits per heavy atom. The summed E-state index contributed by atoms with van der Waals surface area (Å²) in [6.45, 7) is 7.71. The zero-order chi connectivity index (χ0) is 23.5. The molecule has 2 amide bonds. The van der Waals surface area contributed by atoms with Gasteiger partial charge in [-0.15, -0.1) is 0 Å². The molecule has 2 heterocycles. The molecule has 0 saturated heterocycles. The van der Waals surface area contributed by atoms with E-state index in [4.69, 9.17) is 0 Å². The number of hydrogen-bond donors (Lipinski definition) is 4. The van der Waals surface area contributed by atoms with Crippen molar-refractivity contribution in [3.63, 3.8) is 0 Å². The van der Waals surface area contributed by atoms with Crippen LogP contribution in [0.25, 0.3) is 0 Å². The molecule has 0 bridgehead atoms. The van der Waals surface area contributed by atoms with Gasteiger partial charge in [-0.1, -0.05) is 35.4 Å². The van der Waals surface area contributed by atoms with Crippen molar-refractivity contribution in [1.29, 1.82) is 0 Å². The molecular formula is C27H28N4O2. The van der Waals surface area contributed by atoms with E-state index >= 15 is 0 Å². The van der Waals surface area contributed by atoms with E-state index < -0.39 is 5.92 Å². The molecule has 0 spiro atoms. The summed E-state index contributed by atoms with van der Waals surface area (Å²) in [6, 6.07) is 19.0. The molecule has 33 heavy (non-hydrogen) atoms. The molecule has 4 rings (SSSR count). The summed E-state index contributed by atoms with van der Waals surface area (Å²) >= 11 is 0. The SMILES string of the molecule is CC1=C(C(=O)Nc2ccc(C)cc2)C(c2ccc[nH]2)C(C(=O)Nc2ccc(C)cc2)=C(C)N1. The maximum absolute atomic E-state index is 13.5. The Morgan fingerprint density at radius 1 is 0.697 bits per heavy atom. The van der Waals surface area contributed by atoms with Crippen molar-refractivity contribution in [1.82, 2.24) is 10.3 Å². The number of amides is 2. The van der Waals surface area contributed by atoms with E-state index in [0.29, 0.717) is 33.9 Å². The number of rotatable bonds is 5. The molecule has 0 aliphatic carbocycles. The Labute approximate surface area is 193 Å². The maximum Gasteiger partial charge on any atom is 0.254 e. The molecule has 0 radical (unpaired) electrons. The molecule has 0 saturated carbocycles. The van der Waals surface area contributed by atoms with E-state index in [1.54, 1.807) is 6.20 Å². The predicted molar refractivity (Wildman–Crippen MR) is 132 cm³/mol. The van der Waals surface area contributed by atoms with E-state index in [0.717, 1.165) is 16.8 Å². The first kappa shape index (κ1) is 22.1. The lowest BCUT2D eigenvalue weighted by molar-refractivity contribution is -0.113. The quantitative estimate of drug-likeness (QED) is 0.443. The van der Waals surface area contributed by atoms with Crippen LogP contribution in [0.15, 0.2) is 89.4 Å². The molecule has 168 valence electrons. The zero-order valence-corrected chi connectivity index (χ0v) is 19.2. The molecule has 0 fully saturated rings. The number of allylic oxidation sites excluding steroid dienone is 2. The molecule has 4 N–H and O–H groups in total. The van der Waals surface area contributed by atoms with Gasteiger partial charge >= 0.3 is 0 Å². The average Bonchev–Trinajstić information content (AvgIpc) is 3.31. The van der Waals surface area contributed by atoms with Crippen molar-refractivity contribution >= 4 is 23.2 Å². The Kier molecular flexibility index (Phi) is 6.18. The number of aryl methyl sites for hydroxylation is 2. The maximum atomic E-state index is 13.5. The lowest BCUT2D eigenvalue weighted by Crippen LogP contribution is -2.35. The Balaban J connectivity index is 1.69. The topological polar surface area (TPSA) is 86.0 Å². The van der Waals surface area contributed by atoms with E-state index in [9.17, 15) is 9.59 Å². The molecule has 6 heteroatoms. The van der Waals surface area contributed by atoms with Crippen LogP contribution in [-0.4, -0.2) is 16.8 Å². The molecule has 3 aromatic rings.